The Morgan fingerprint density at radius 2 is 1.81 bits per heavy atom. The number of amides is 1. The van der Waals surface area contributed by atoms with E-state index in [1.807, 2.05) is 6.92 Å². The molecule has 160 valence electrons. The Kier molecular flexibility index (Phi) is 5.46. The molecule has 0 fully saturated rings. The third-order valence-corrected chi connectivity index (χ3v) is 7.34. The minimum atomic E-state index is -4.23. The van der Waals surface area contributed by atoms with Gasteiger partial charge in [-0.3, -0.25) is 14.2 Å². The first-order valence-corrected chi connectivity index (χ1v) is 11.6. The van der Waals surface area contributed by atoms with Crippen LogP contribution < -0.4 is 10.0 Å². The summed E-state index contributed by atoms with van der Waals surface area (Å²) in [6, 6.07) is 11.0. The molecule has 0 bridgehead atoms. The Morgan fingerprint density at radius 1 is 1.13 bits per heavy atom. The van der Waals surface area contributed by atoms with Crippen molar-refractivity contribution in [3.05, 3.63) is 69.9 Å². The van der Waals surface area contributed by atoms with E-state index in [1.165, 1.54) is 41.7 Å². The number of carbonyl (C=O) groups is 1. The molecule has 0 atom stereocenters. The van der Waals surface area contributed by atoms with Crippen LogP contribution in [-0.4, -0.2) is 24.1 Å². The normalized spacial score (nSPS) is 11.6. The average Bonchev–Trinajstić information content (AvgIpc) is 3.26. The molecule has 31 heavy (non-hydrogen) atoms. The van der Waals surface area contributed by atoms with Gasteiger partial charge >= 0.3 is 0 Å². The fraction of sp³-hybridized carbons (Fsp3) is 0.100. The number of fused-ring (bicyclic) bond motifs is 1. The van der Waals surface area contributed by atoms with Crippen LogP contribution in [0.4, 0.5) is 15.8 Å². The highest BCUT2D eigenvalue weighted by atomic mass is 35.5. The average molecular weight is 479 g/mol. The van der Waals surface area contributed by atoms with Gasteiger partial charge in [-0.1, -0.05) is 11.6 Å². The lowest BCUT2D eigenvalue weighted by Crippen LogP contribution is -2.16. The first kappa shape index (κ1) is 21.3. The first-order chi connectivity index (χ1) is 14.6. The van der Waals surface area contributed by atoms with Crippen molar-refractivity contribution < 1.29 is 17.6 Å². The molecule has 2 aromatic carbocycles. The van der Waals surface area contributed by atoms with Gasteiger partial charge in [0.2, 0.25) is 0 Å². The topological polar surface area (TPSA) is 93.1 Å². The quantitative estimate of drug-likeness (QED) is 0.431. The van der Waals surface area contributed by atoms with Crippen molar-refractivity contribution in [2.45, 2.75) is 11.8 Å². The third-order valence-electron chi connectivity index (χ3n) is 4.49. The van der Waals surface area contributed by atoms with Crippen LogP contribution in [0.2, 0.25) is 5.02 Å². The van der Waals surface area contributed by atoms with Crippen molar-refractivity contribution in [1.29, 1.82) is 0 Å². The van der Waals surface area contributed by atoms with Crippen molar-refractivity contribution >= 4 is 60.5 Å². The van der Waals surface area contributed by atoms with Crippen molar-refractivity contribution in [1.82, 2.24) is 9.78 Å². The Hall–Kier alpha value is -2.95. The van der Waals surface area contributed by atoms with Crippen LogP contribution >= 0.6 is 22.9 Å². The van der Waals surface area contributed by atoms with E-state index in [4.69, 9.17) is 11.6 Å². The summed E-state index contributed by atoms with van der Waals surface area (Å²) in [5, 5.41) is 8.22. The summed E-state index contributed by atoms with van der Waals surface area (Å²) >= 11 is 7.06. The zero-order valence-corrected chi connectivity index (χ0v) is 18.7. The molecule has 2 aromatic heterocycles. The van der Waals surface area contributed by atoms with Gasteiger partial charge in [-0.05, 0) is 55.5 Å². The SMILES string of the molecule is Cc1nn(C)c2sc(C(=O)Nc3ccc(F)c(S(=O)(=O)Nc4ccc(Cl)cc4)c3)cc12. The minimum absolute atomic E-state index is 0.148. The second-order valence-corrected chi connectivity index (χ2v) is 9.87. The maximum Gasteiger partial charge on any atom is 0.265 e. The highest BCUT2D eigenvalue weighted by Crippen LogP contribution is 2.29. The molecular weight excluding hydrogens is 463 g/mol. The number of hydrogen-bond donors (Lipinski definition) is 2. The molecule has 0 aliphatic carbocycles. The number of sulfonamides is 1. The van der Waals surface area contributed by atoms with Gasteiger partial charge in [0.1, 0.15) is 15.5 Å². The highest BCUT2D eigenvalue weighted by Gasteiger charge is 2.21. The lowest BCUT2D eigenvalue weighted by atomic mass is 10.3. The summed E-state index contributed by atoms with van der Waals surface area (Å²) in [5.74, 6) is -1.37. The molecule has 0 spiro atoms. The van der Waals surface area contributed by atoms with E-state index in [-0.39, 0.29) is 11.4 Å². The first-order valence-electron chi connectivity index (χ1n) is 8.96. The molecule has 7 nitrogen and oxygen atoms in total. The van der Waals surface area contributed by atoms with Crippen molar-refractivity contribution in [3.8, 4) is 0 Å². The standard InChI is InChI=1S/C20H16ClFN4O3S2/c1-11-15-10-17(30-20(15)26(2)24-11)19(27)23-14-7-8-16(22)18(9-14)31(28,29)25-13-5-3-12(21)4-6-13/h3-10,25H,1-2H3,(H,23,27). The van der Waals surface area contributed by atoms with Gasteiger partial charge in [-0.15, -0.1) is 11.3 Å². The summed E-state index contributed by atoms with van der Waals surface area (Å²) in [6.45, 7) is 1.85. The van der Waals surface area contributed by atoms with Crippen LogP contribution in [0.5, 0.6) is 0 Å². The van der Waals surface area contributed by atoms with E-state index in [1.54, 1.807) is 17.8 Å². The zero-order valence-electron chi connectivity index (χ0n) is 16.3. The second-order valence-electron chi connectivity index (χ2n) is 6.75. The zero-order chi connectivity index (χ0) is 22.3. The molecule has 11 heteroatoms. The number of anilines is 2. The Bertz CT molecular complexity index is 1380. The van der Waals surface area contributed by atoms with E-state index in [9.17, 15) is 17.6 Å². The van der Waals surface area contributed by atoms with Crippen LogP contribution in [0.3, 0.4) is 0 Å². The van der Waals surface area contributed by atoms with Gasteiger partial charge in [-0.2, -0.15) is 5.10 Å². The molecule has 2 heterocycles. The number of benzene rings is 2. The van der Waals surface area contributed by atoms with Gasteiger partial charge in [0.05, 0.1) is 10.6 Å². The Labute approximate surface area is 186 Å². The van der Waals surface area contributed by atoms with Gasteiger partial charge in [0.25, 0.3) is 15.9 Å². The Morgan fingerprint density at radius 3 is 2.48 bits per heavy atom. The molecule has 2 N–H and O–H groups in total. The molecule has 0 aliphatic rings. The van der Waals surface area contributed by atoms with E-state index in [0.717, 1.165) is 28.0 Å². The summed E-state index contributed by atoms with van der Waals surface area (Å²) < 4.78 is 43.6. The summed E-state index contributed by atoms with van der Waals surface area (Å²) in [7, 11) is -2.44. The van der Waals surface area contributed by atoms with E-state index in [2.05, 4.69) is 15.1 Å². The van der Waals surface area contributed by atoms with Gasteiger partial charge in [-0.25, -0.2) is 12.8 Å². The third kappa shape index (κ3) is 4.27. The largest absolute Gasteiger partial charge is 0.321 e. The maximum atomic E-state index is 14.3. The predicted molar refractivity (Wildman–Crippen MR) is 120 cm³/mol. The van der Waals surface area contributed by atoms with Crippen molar-refractivity contribution in [2.75, 3.05) is 10.0 Å². The molecular formula is C20H16ClFN4O3S2. The fourth-order valence-electron chi connectivity index (χ4n) is 3.02. The summed E-state index contributed by atoms with van der Waals surface area (Å²) in [4.78, 5) is 13.4. The monoisotopic (exact) mass is 478 g/mol. The van der Waals surface area contributed by atoms with Gasteiger partial charge < -0.3 is 5.32 Å². The predicted octanol–water partition coefficient (Wildman–Crippen LogP) is 4.79. The van der Waals surface area contributed by atoms with E-state index >= 15 is 0 Å². The van der Waals surface area contributed by atoms with Crippen molar-refractivity contribution in [2.24, 2.45) is 7.05 Å². The van der Waals surface area contributed by atoms with Crippen LogP contribution in [0.1, 0.15) is 15.4 Å². The van der Waals surface area contributed by atoms with Crippen LogP contribution in [0.25, 0.3) is 10.2 Å². The number of nitrogens with zero attached hydrogens (tertiary/aromatic N) is 2. The molecule has 0 saturated carbocycles. The molecule has 0 saturated heterocycles. The van der Waals surface area contributed by atoms with Crippen LogP contribution in [0, 0.1) is 12.7 Å². The molecule has 4 rings (SSSR count). The summed E-state index contributed by atoms with van der Waals surface area (Å²) in [6.07, 6.45) is 0. The van der Waals surface area contributed by atoms with E-state index < -0.39 is 26.6 Å². The van der Waals surface area contributed by atoms with Crippen molar-refractivity contribution in [3.63, 3.8) is 0 Å². The minimum Gasteiger partial charge on any atom is -0.321 e. The van der Waals surface area contributed by atoms with Gasteiger partial charge in [0, 0.05) is 28.8 Å². The van der Waals surface area contributed by atoms with E-state index in [0.29, 0.717) is 9.90 Å². The number of rotatable bonds is 5. The molecule has 1 amide bonds. The number of aromatic nitrogens is 2. The smallest absolute Gasteiger partial charge is 0.265 e. The number of halogens is 2. The number of carbonyl (C=O) groups excluding carboxylic acids is 1. The fourth-order valence-corrected chi connectivity index (χ4v) is 5.33. The molecule has 0 aliphatic heterocycles. The maximum absolute atomic E-state index is 14.3. The second kappa shape index (κ2) is 7.95. The number of aryl methyl sites for hydroxylation is 2. The molecule has 4 aromatic rings. The molecule has 0 unspecified atom stereocenters. The lowest BCUT2D eigenvalue weighted by Gasteiger charge is -2.11. The molecule has 0 radical (unpaired) electrons. The highest BCUT2D eigenvalue weighted by molar-refractivity contribution is 7.92. The number of thiophene rings is 1. The van der Waals surface area contributed by atoms with Crippen LogP contribution in [0.15, 0.2) is 53.4 Å². The Balaban J connectivity index is 1.59. The van der Waals surface area contributed by atoms with Gasteiger partial charge in [0.15, 0.2) is 0 Å². The number of nitrogens with one attached hydrogen (secondary N) is 2. The number of hydrogen-bond acceptors (Lipinski definition) is 5. The summed E-state index contributed by atoms with van der Waals surface area (Å²) in [5.41, 5.74) is 1.18. The van der Waals surface area contributed by atoms with Crippen LogP contribution in [-0.2, 0) is 17.1 Å². The lowest BCUT2D eigenvalue weighted by molar-refractivity contribution is 0.103.